The fourth-order valence-electron chi connectivity index (χ4n) is 3.28. The van der Waals surface area contributed by atoms with Crippen molar-refractivity contribution in [2.75, 3.05) is 32.0 Å². The smallest absolute Gasteiger partial charge is 0.242 e. The molecule has 0 atom stereocenters. The van der Waals surface area contributed by atoms with Gasteiger partial charge in [-0.1, -0.05) is 18.2 Å². The van der Waals surface area contributed by atoms with Gasteiger partial charge in [-0.25, -0.2) is 0 Å². The van der Waals surface area contributed by atoms with Gasteiger partial charge in [-0.05, 0) is 31.4 Å². The highest BCUT2D eigenvalue weighted by Crippen LogP contribution is 2.30. The van der Waals surface area contributed by atoms with Gasteiger partial charge in [-0.15, -0.1) is 0 Å². The second-order valence-corrected chi connectivity index (χ2v) is 6.34. The maximum Gasteiger partial charge on any atom is 0.242 e. The van der Waals surface area contributed by atoms with Gasteiger partial charge in [0, 0.05) is 38.9 Å². The number of rotatable bonds is 2. The van der Waals surface area contributed by atoms with E-state index in [1.165, 1.54) is 16.8 Å². The van der Waals surface area contributed by atoms with Crippen molar-refractivity contribution in [2.24, 2.45) is 0 Å². The van der Waals surface area contributed by atoms with Gasteiger partial charge in [0.05, 0.1) is 5.54 Å². The first-order chi connectivity index (χ1) is 9.50. The zero-order chi connectivity index (χ0) is 14.3. The number of fused-ring (bicyclic) bond motifs is 1. The van der Waals surface area contributed by atoms with E-state index in [0.29, 0.717) is 0 Å². The van der Waals surface area contributed by atoms with Crippen LogP contribution in [0, 0.1) is 0 Å². The summed E-state index contributed by atoms with van der Waals surface area (Å²) < 4.78 is 0. The lowest BCUT2D eigenvalue weighted by Crippen LogP contribution is -2.61. The number of para-hydroxylation sites is 1. The molecule has 1 saturated heterocycles. The molecular weight excluding hydrogens is 250 g/mol. The SMILES string of the molecule is CN1CCN(Cc2cccc3c2NCC3)C(C)(C)C1=O. The topological polar surface area (TPSA) is 35.6 Å². The molecule has 2 aliphatic heterocycles. The molecule has 0 unspecified atom stereocenters. The predicted octanol–water partition coefficient (Wildman–Crippen LogP) is 1.71. The Kier molecular flexibility index (Phi) is 3.21. The number of nitrogens with one attached hydrogen (secondary N) is 1. The second-order valence-electron chi connectivity index (χ2n) is 6.34. The van der Waals surface area contributed by atoms with Crippen molar-refractivity contribution >= 4 is 11.6 Å². The first-order valence-electron chi connectivity index (χ1n) is 7.35. The van der Waals surface area contributed by atoms with Crippen LogP contribution in [0.25, 0.3) is 0 Å². The lowest BCUT2D eigenvalue weighted by Gasteiger charge is -2.45. The number of piperazine rings is 1. The molecule has 2 aliphatic rings. The lowest BCUT2D eigenvalue weighted by molar-refractivity contribution is -0.147. The van der Waals surface area contributed by atoms with Crippen LogP contribution < -0.4 is 5.32 Å². The third-order valence-electron chi connectivity index (χ3n) is 4.66. The molecule has 1 aromatic carbocycles. The van der Waals surface area contributed by atoms with Gasteiger partial charge in [0.2, 0.25) is 5.91 Å². The Balaban J connectivity index is 1.85. The molecule has 0 aromatic heterocycles. The molecule has 3 rings (SSSR count). The minimum atomic E-state index is -0.422. The minimum Gasteiger partial charge on any atom is -0.384 e. The fraction of sp³-hybridized carbons (Fsp3) is 0.562. The molecule has 20 heavy (non-hydrogen) atoms. The zero-order valence-electron chi connectivity index (χ0n) is 12.6. The van der Waals surface area contributed by atoms with E-state index >= 15 is 0 Å². The average Bonchev–Trinajstić information content (AvgIpc) is 2.89. The monoisotopic (exact) mass is 273 g/mol. The maximum atomic E-state index is 12.3. The Morgan fingerprint density at radius 3 is 2.90 bits per heavy atom. The van der Waals surface area contributed by atoms with Gasteiger partial charge in [-0.2, -0.15) is 0 Å². The van der Waals surface area contributed by atoms with Crippen LogP contribution in [0.3, 0.4) is 0 Å². The molecule has 0 radical (unpaired) electrons. The highest BCUT2D eigenvalue weighted by atomic mass is 16.2. The van der Waals surface area contributed by atoms with E-state index in [9.17, 15) is 4.79 Å². The van der Waals surface area contributed by atoms with E-state index in [1.54, 1.807) is 0 Å². The van der Waals surface area contributed by atoms with Crippen molar-refractivity contribution in [2.45, 2.75) is 32.4 Å². The van der Waals surface area contributed by atoms with E-state index in [1.807, 2.05) is 25.8 Å². The summed E-state index contributed by atoms with van der Waals surface area (Å²) in [6.07, 6.45) is 1.11. The highest BCUT2D eigenvalue weighted by molar-refractivity contribution is 5.86. The lowest BCUT2D eigenvalue weighted by atomic mass is 9.96. The third-order valence-corrected chi connectivity index (χ3v) is 4.66. The first-order valence-corrected chi connectivity index (χ1v) is 7.35. The molecule has 108 valence electrons. The number of carbonyl (C=O) groups excluding carboxylic acids is 1. The first kappa shape index (κ1) is 13.4. The van der Waals surface area contributed by atoms with Crippen LogP contribution >= 0.6 is 0 Å². The number of anilines is 1. The normalized spacial score (nSPS) is 21.8. The molecule has 0 spiro atoms. The number of amides is 1. The van der Waals surface area contributed by atoms with Crippen LogP contribution in [-0.4, -0.2) is 47.9 Å². The minimum absolute atomic E-state index is 0.212. The van der Waals surface area contributed by atoms with Gasteiger partial charge in [0.15, 0.2) is 0 Å². The molecule has 1 amide bonds. The number of hydrogen-bond acceptors (Lipinski definition) is 3. The quantitative estimate of drug-likeness (QED) is 0.891. The summed E-state index contributed by atoms with van der Waals surface area (Å²) in [5.74, 6) is 0.212. The van der Waals surface area contributed by atoms with Gasteiger partial charge >= 0.3 is 0 Å². The summed E-state index contributed by atoms with van der Waals surface area (Å²) in [7, 11) is 1.89. The van der Waals surface area contributed by atoms with Gasteiger partial charge in [-0.3, -0.25) is 9.69 Å². The maximum absolute atomic E-state index is 12.3. The predicted molar refractivity (Wildman–Crippen MR) is 80.8 cm³/mol. The van der Waals surface area contributed by atoms with Crippen molar-refractivity contribution in [3.05, 3.63) is 29.3 Å². The van der Waals surface area contributed by atoms with Gasteiger partial charge < -0.3 is 10.2 Å². The Labute approximate surface area is 120 Å². The molecule has 2 heterocycles. The molecule has 4 heteroatoms. The summed E-state index contributed by atoms with van der Waals surface area (Å²) in [6, 6.07) is 6.50. The van der Waals surface area contributed by atoms with Crippen molar-refractivity contribution in [1.29, 1.82) is 0 Å². The number of likely N-dealkylation sites (N-methyl/N-ethyl adjacent to an activating group) is 1. The van der Waals surface area contributed by atoms with Crippen LogP contribution in [0.4, 0.5) is 5.69 Å². The van der Waals surface area contributed by atoms with E-state index in [2.05, 4.69) is 28.4 Å². The Morgan fingerprint density at radius 1 is 1.30 bits per heavy atom. The number of benzene rings is 1. The molecule has 0 aliphatic carbocycles. The molecule has 1 N–H and O–H groups in total. The Hall–Kier alpha value is -1.55. The summed E-state index contributed by atoms with van der Waals surface area (Å²) in [4.78, 5) is 16.5. The van der Waals surface area contributed by atoms with Crippen LogP contribution in [-0.2, 0) is 17.8 Å². The summed E-state index contributed by atoms with van der Waals surface area (Å²) >= 11 is 0. The Morgan fingerprint density at radius 2 is 2.10 bits per heavy atom. The molecule has 0 saturated carbocycles. The van der Waals surface area contributed by atoms with Crippen molar-refractivity contribution < 1.29 is 4.79 Å². The van der Waals surface area contributed by atoms with Crippen LogP contribution in [0.2, 0.25) is 0 Å². The summed E-state index contributed by atoms with van der Waals surface area (Å²) in [5.41, 5.74) is 3.58. The van der Waals surface area contributed by atoms with E-state index in [4.69, 9.17) is 0 Å². The highest BCUT2D eigenvalue weighted by Gasteiger charge is 2.40. The molecule has 1 fully saturated rings. The Bertz CT molecular complexity index is 539. The standard InChI is InChI=1S/C16H23N3O/c1-16(2)15(20)18(3)9-10-19(16)11-13-6-4-5-12-7-8-17-14(12)13/h4-6,17H,7-11H2,1-3H3. The molecule has 4 nitrogen and oxygen atoms in total. The third kappa shape index (κ3) is 2.08. The largest absolute Gasteiger partial charge is 0.384 e. The van der Waals surface area contributed by atoms with Gasteiger partial charge in [0.1, 0.15) is 0 Å². The zero-order valence-corrected chi connectivity index (χ0v) is 12.6. The van der Waals surface area contributed by atoms with Crippen LogP contribution in [0.1, 0.15) is 25.0 Å². The van der Waals surface area contributed by atoms with Crippen LogP contribution in [0.5, 0.6) is 0 Å². The number of hydrogen-bond donors (Lipinski definition) is 1. The van der Waals surface area contributed by atoms with Crippen molar-refractivity contribution in [3.8, 4) is 0 Å². The van der Waals surface area contributed by atoms with Crippen LogP contribution in [0.15, 0.2) is 18.2 Å². The second kappa shape index (κ2) is 4.77. The molecule has 1 aromatic rings. The number of carbonyl (C=O) groups is 1. The van der Waals surface area contributed by atoms with E-state index in [0.717, 1.165) is 32.6 Å². The molecular formula is C16H23N3O. The van der Waals surface area contributed by atoms with Crippen molar-refractivity contribution in [1.82, 2.24) is 9.80 Å². The van der Waals surface area contributed by atoms with E-state index < -0.39 is 5.54 Å². The summed E-state index contributed by atoms with van der Waals surface area (Å²) in [5, 5.41) is 3.48. The van der Waals surface area contributed by atoms with Crippen molar-refractivity contribution in [3.63, 3.8) is 0 Å². The molecule has 0 bridgehead atoms. The van der Waals surface area contributed by atoms with E-state index in [-0.39, 0.29) is 5.91 Å². The average molecular weight is 273 g/mol. The summed E-state index contributed by atoms with van der Waals surface area (Å²) in [6.45, 7) is 7.66. The fourth-order valence-corrected chi connectivity index (χ4v) is 3.28. The number of nitrogens with zero attached hydrogens (tertiary/aromatic N) is 2. The van der Waals surface area contributed by atoms with Gasteiger partial charge in [0.25, 0.3) is 0 Å².